The van der Waals surface area contributed by atoms with Crippen LogP contribution in [-0.2, 0) is 6.54 Å². The Morgan fingerprint density at radius 1 is 0.882 bits per heavy atom. The lowest BCUT2D eigenvalue weighted by Crippen LogP contribution is -1.99. The molecule has 0 bridgehead atoms. The molecule has 0 atom stereocenters. The Morgan fingerprint density at radius 3 is 2.56 bits per heavy atom. The normalized spacial score (nSPS) is 11.7. The molecule has 7 nitrogen and oxygen atoms in total. The highest BCUT2D eigenvalue weighted by molar-refractivity contribution is 6.07. The highest BCUT2D eigenvalue weighted by atomic mass is 15.3. The van der Waals surface area contributed by atoms with E-state index in [2.05, 4.69) is 72.7 Å². The van der Waals surface area contributed by atoms with Crippen LogP contribution in [0.5, 0.6) is 0 Å². The summed E-state index contributed by atoms with van der Waals surface area (Å²) in [6.45, 7) is 2.83. The van der Waals surface area contributed by atoms with Crippen molar-refractivity contribution in [3.05, 3.63) is 90.1 Å². The smallest absolute Gasteiger partial charge is 0.201 e. The number of hydrogen-bond acceptors (Lipinski definition) is 5. The first-order valence-electron chi connectivity index (χ1n) is 11.0. The Morgan fingerprint density at radius 2 is 1.74 bits per heavy atom. The maximum absolute atomic E-state index is 5.98. The number of nitrogens with two attached hydrogens (primary N) is 1. The summed E-state index contributed by atoms with van der Waals surface area (Å²) in [6, 6.07) is 25.1. The largest absolute Gasteiger partial charge is 0.399 e. The molecule has 0 spiro atoms. The number of aryl methyl sites for hydroxylation is 1. The van der Waals surface area contributed by atoms with Crippen LogP contribution in [0.1, 0.15) is 11.1 Å². The van der Waals surface area contributed by atoms with Crippen molar-refractivity contribution in [3.63, 3.8) is 0 Å². The van der Waals surface area contributed by atoms with Crippen LogP contribution in [0.4, 0.5) is 5.69 Å². The van der Waals surface area contributed by atoms with Crippen molar-refractivity contribution in [1.82, 2.24) is 30.5 Å². The summed E-state index contributed by atoms with van der Waals surface area (Å²) in [6.07, 6.45) is 2.10. The molecule has 7 aromatic rings. The van der Waals surface area contributed by atoms with E-state index in [0.29, 0.717) is 0 Å². The lowest BCUT2D eigenvalue weighted by atomic mass is 10.0. The number of nitrogen functional groups attached to an aromatic ring is 1. The van der Waals surface area contributed by atoms with Crippen molar-refractivity contribution < 1.29 is 0 Å². The molecule has 4 heterocycles. The molecule has 166 valence electrons. The van der Waals surface area contributed by atoms with Gasteiger partial charge in [-0.15, -0.1) is 5.10 Å². The maximum atomic E-state index is 5.98. The van der Waals surface area contributed by atoms with E-state index >= 15 is 0 Å². The highest BCUT2D eigenvalue weighted by Crippen LogP contribution is 2.40. The highest BCUT2D eigenvalue weighted by Gasteiger charge is 2.24. The fourth-order valence-electron chi connectivity index (χ4n) is 4.71. The number of rotatable bonds is 4. The second kappa shape index (κ2) is 7.26. The molecule has 7 heteroatoms. The molecule has 0 saturated heterocycles. The van der Waals surface area contributed by atoms with Gasteiger partial charge in [0.1, 0.15) is 11.0 Å². The molecular formula is C27H23N7. The van der Waals surface area contributed by atoms with Gasteiger partial charge in [0.15, 0.2) is 0 Å². The van der Waals surface area contributed by atoms with Crippen LogP contribution in [0.25, 0.3) is 50.0 Å². The molecule has 0 aliphatic heterocycles. The molecule has 0 saturated carbocycles. The molecule has 0 amide bonds. The van der Waals surface area contributed by atoms with E-state index in [9.17, 15) is 0 Å². The minimum Gasteiger partial charge on any atom is -0.399 e. The van der Waals surface area contributed by atoms with E-state index < -0.39 is 0 Å². The number of hydrogen-bond donors (Lipinski definition) is 2. The number of benzene rings is 3. The van der Waals surface area contributed by atoms with E-state index in [1.54, 1.807) is 0 Å². The van der Waals surface area contributed by atoms with Crippen LogP contribution in [0.15, 0.2) is 79.0 Å². The number of fused-ring (bicyclic) bond motifs is 4. The van der Waals surface area contributed by atoms with Crippen molar-refractivity contribution in [2.24, 2.45) is 0 Å². The van der Waals surface area contributed by atoms with Gasteiger partial charge in [0.05, 0.1) is 17.8 Å². The van der Waals surface area contributed by atoms with Gasteiger partial charge in [-0.25, -0.2) is 9.50 Å². The van der Waals surface area contributed by atoms with Gasteiger partial charge in [0, 0.05) is 28.4 Å². The SMILES string of the molecule is Cc1cc(N)ccc1-c1cc(-c2ccc3cn(Cc4ccccc4)nc3c2)c2c3nc3nn12.N. The lowest BCUT2D eigenvalue weighted by molar-refractivity contribution is 0.696. The monoisotopic (exact) mass is 445 g/mol. The fraction of sp³-hybridized carbons (Fsp3) is 0.0741. The fourth-order valence-corrected chi connectivity index (χ4v) is 4.71. The van der Waals surface area contributed by atoms with Gasteiger partial charge < -0.3 is 11.9 Å². The molecule has 34 heavy (non-hydrogen) atoms. The first kappa shape index (κ1) is 20.1. The quantitative estimate of drug-likeness (QED) is 0.346. The van der Waals surface area contributed by atoms with Crippen molar-refractivity contribution in [2.75, 3.05) is 5.73 Å². The Kier molecular flexibility index (Phi) is 4.30. The average Bonchev–Trinajstić information content (AvgIpc) is 3.14. The summed E-state index contributed by atoms with van der Waals surface area (Å²) in [7, 11) is 0. The maximum Gasteiger partial charge on any atom is 0.201 e. The molecule has 7 rings (SSSR count). The first-order valence-corrected chi connectivity index (χ1v) is 11.0. The molecule has 0 unspecified atom stereocenters. The molecular weight excluding hydrogens is 422 g/mol. The molecule has 0 aliphatic carbocycles. The molecule has 0 radical (unpaired) electrons. The van der Waals surface area contributed by atoms with E-state index in [1.807, 2.05) is 27.4 Å². The summed E-state index contributed by atoms with van der Waals surface area (Å²) in [5.74, 6) is 0. The van der Waals surface area contributed by atoms with E-state index in [-0.39, 0.29) is 6.15 Å². The third kappa shape index (κ3) is 3.06. The summed E-state index contributed by atoms with van der Waals surface area (Å²) in [5.41, 5.74) is 17.4. The number of anilines is 1. The van der Waals surface area contributed by atoms with E-state index in [1.165, 1.54) is 5.56 Å². The Labute approximate surface area is 195 Å². The standard InChI is InChI=1S/C27H20N6.H3N/c1-16-11-20(28)9-10-21(16)24-13-22(26-25-27(29-25)31-33(24)26)18-7-8-19-15-32(30-23(19)12-18)14-17-5-3-2-4-6-17;/h2-13,15H,14,28H2,1H3;1H3. The predicted molar refractivity (Wildman–Crippen MR) is 137 cm³/mol. The zero-order chi connectivity index (χ0) is 22.1. The van der Waals surface area contributed by atoms with Crippen molar-refractivity contribution in [1.29, 1.82) is 0 Å². The number of aromatic nitrogens is 5. The van der Waals surface area contributed by atoms with Gasteiger partial charge >= 0.3 is 0 Å². The van der Waals surface area contributed by atoms with Crippen LogP contribution in [0.2, 0.25) is 0 Å². The summed E-state index contributed by atoms with van der Waals surface area (Å²) < 4.78 is 4.02. The Bertz CT molecular complexity index is 1760. The zero-order valence-electron chi connectivity index (χ0n) is 18.7. The van der Waals surface area contributed by atoms with Gasteiger partial charge in [-0.2, -0.15) is 5.10 Å². The first-order chi connectivity index (χ1) is 16.1. The van der Waals surface area contributed by atoms with Crippen molar-refractivity contribution in [3.8, 4) is 22.4 Å². The second-order valence-electron chi connectivity index (χ2n) is 8.65. The number of nitrogens with zero attached hydrogens (tertiary/aromatic N) is 5. The third-order valence-corrected chi connectivity index (χ3v) is 6.35. The minimum absolute atomic E-state index is 0. The van der Waals surface area contributed by atoms with Crippen LogP contribution < -0.4 is 11.9 Å². The molecule has 3 aromatic carbocycles. The Hall–Kier alpha value is -4.49. The Balaban J connectivity index is 0.00000217. The summed E-state index contributed by atoms with van der Waals surface area (Å²) in [4.78, 5) is 4.45. The molecule has 0 aliphatic rings. The topological polar surface area (TPSA) is 109 Å². The molecule has 4 aromatic heterocycles. The van der Waals surface area contributed by atoms with E-state index in [0.717, 1.165) is 67.8 Å². The average molecular weight is 446 g/mol. The van der Waals surface area contributed by atoms with Gasteiger partial charge in [0.25, 0.3) is 0 Å². The molecule has 0 fully saturated rings. The van der Waals surface area contributed by atoms with E-state index in [4.69, 9.17) is 15.9 Å². The lowest BCUT2D eigenvalue weighted by Gasteiger charge is -2.05. The van der Waals surface area contributed by atoms with Gasteiger partial charge in [-0.05, 0) is 47.9 Å². The minimum atomic E-state index is 0. The second-order valence-corrected chi connectivity index (χ2v) is 8.65. The van der Waals surface area contributed by atoms with Gasteiger partial charge in [-0.1, -0.05) is 48.5 Å². The van der Waals surface area contributed by atoms with Crippen LogP contribution in [0.3, 0.4) is 0 Å². The van der Waals surface area contributed by atoms with Gasteiger partial charge in [0.2, 0.25) is 5.65 Å². The van der Waals surface area contributed by atoms with Crippen LogP contribution in [0, 0.1) is 6.92 Å². The van der Waals surface area contributed by atoms with Crippen molar-refractivity contribution in [2.45, 2.75) is 13.5 Å². The molecule has 5 N–H and O–H groups in total. The van der Waals surface area contributed by atoms with Gasteiger partial charge in [-0.3, -0.25) is 4.68 Å². The summed E-state index contributed by atoms with van der Waals surface area (Å²) >= 11 is 0. The zero-order valence-corrected chi connectivity index (χ0v) is 18.7. The third-order valence-electron chi connectivity index (χ3n) is 6.35. The summed E-state index contributed by atoms with van der Waals surface area (Å²) in [5, 5.41) is 10.7. The van der Waals surface area contributed by atoms with Crippen LogP contribution >= 0.6 is 0 Å². The van der Waals surface area contributed by atoms with Crippen molar-refractivity contribution >= 4 is 33.3 Å². The van der Waals surface area contributed by atoms with Crippen LogP contribution in [-0.4, -0.2) is 24.4 Å². The predicted octanol–water partition coefficient (Wildman–Crippen LogP) is 5.54.